The third kappa shape index (κ3) is 4.01. The predicted octanol–water partition coefficient (Wildman–Crippen LogP) is 4.96. The molecular weight excluding hydrogens is 326 g/mol. The monoisotopic (exact) mass is 345 g/mol. The van der Waals surface area contributed by atoms with Gasteiger partial charge in [-0.05, 0) is 51.1 Å². The minimum atomic E-state index is -0.580. The molecule has 2 aromatic carbocycles. The zero-order valence-corrected chi connectivity index (χ0v) is 14.9. The van der Waals surface area contributed by atoms with Crippen molar-refractivity contribution in [2.75, 3.05) is 0 Å². The highest BCUT2D eigenvalue weighted by molar-refractivity contribution is 6.02. The van der Waals surface area contributed by atoms with Gasteiger partial charge >= 0.3 is 5.97 Å². The van der Waals surface area contributed by atoms with E-state index in [-0.39, 0.29) is 0 Å². The van der Waals surface area contributed by atoms with Crippen molar-refractivity contribution in [3.05, 3.63) is 65.7 Å². The molecule has 0 unspecified atom stereocenters. The molecule has 0 N–H and O–H groups in total. The number of carbonyl (C=O) groups is 1. The molecule has 0 radical (unpaired) electrons. The molecule has 0 aliphatic heterocycles. The van der Waals surface area contributed by atoms with E-state index in [0.29, 0.717) is 22.7 Å². The first-order valence-electron chi connectivity index (χ1n) is 8.23. The van der Waals surface area contributed by atoms with Crippen molar-refractivity contribution < 1.29 is 14.3 Å². The quantitative estimate of drug-likeness (QED) is 0.497. The SMILES string of the molecule is C#Cc1cccc(Oc2ccc3cccc(C(=O)OC(C)(C)C)c3n2)c1. The summed E-state index contributed by atoms with van der Waals surface area (Å²) in [7, 11) is 0. The third-order valence-corrected chi connectivity index (χ3v) is 3.54. The maximum absolute atomic E-state index is 12.5. The Morgan fingerprint density at radius 2 is 1.85 bits per heavy atom. The van der Waals surface area contributed by atoms with Crippen molar-refractivity contribution in [2.24, 2.45) is 0 Å². The minimum Gasteiger partial charge on any atom is -0.456 e. The predicted molar refractivity (Wildman–Crippen MR) is 101 cm³/mol. The summed E-state index contributed by atoms with van der Waals surface area (Å²) in [6.45, 7) is 5.49. The number of rotatable bonds is 3. The Balaban J connectivity index is 1.98. The van der Waals surface area contributed by atoms with E-state index in [1.807, 2.05) is 45.0 Å². The summed E-state index contributed by atoms with van der Waals surface area (Å²) in [5.74, 6) is 3.11. The van der Waals surface area contributed by atoms with E-state index < -0.39 is 11.6 Å². The molecule has 0 atom stereocenters. The highest BCUT2D eigenvalue weighted by Gasteiger charge is 2.20. The average molecular weight is 345 g/mol. The van der Waals surface area contributed by atoms with Gasteiger partial charge in [0.2, 0.25) is 5.88 Å². The molecule has 26 heavy (non-hydrogen) atoms. The molecule has 3 rings (SSSR count). The smallest absolute Gasteiger partial charge is 0.340 e. The van der Waals surface area contributed by atoms with Crippen molar-refractivity contribution in [3.63, 3.8) is 0 Å². The van der Waals surface area contributed by atoms with Gasteiger partial charge in [-0.25, -0.2) is 9.78 Å². The number of ether oxygens (including phenoxy) is 2. The molecule has 0 aliphatic rings. The Kier molecular flexibility index (Phi) is 4.64. The summed E-state index contributed by atoms with van der Waals surface area (Å²) >= 11 is 0. The van der Waals surface area contributed by atoms with Gasteiger partial charge in [0.25, 0.3) is 0 Å². The maximum Gasteiger partial charge on any atom is 0.340 e. The van der Waals surface area contributed by atoms with Gasteiger partial charge in [0.1, 0.15) is 11.4 Å². The van der Waals surface area contributed by atoms with E-state index in [1.165, 1.54) is 0 Å². The van der Waals surface area contributed by atoms with Crippen LogP contribution in [0.1, 0.15) is 36.7 Å². The Morgan fingerprint density at radius 1 is 1.08 bits per heavy atom. The first kappa shape index (κ1) is 17.5. The number of pyridine rings is 1. The summed E-state index contributed by atoms with van der Waals surface area (Å²) in [5.41, 5.74) is 1.08. The van der Waals surface area contributed by atoms with Crippen molar-refractivity contribution in [3.8, 4) is 24.0 Å². The fraction of sp³-hybridized carbons (Fsp3) is 0.182. The van der Waals surface area contributed by atoms with Crippen LogP contribution in [0.2, 0.25) is 0 Å². The van der Waals surface area contributed by atoms with Crippen LogP contribution < -0.4 is 4.74 Å². The molecule has 1 aromatic heterocycles. The van der Waals surface area contributed by atoms with E-state index >= 15 is 0 Å². The number of aromatic nitrogens is 1. The van der Waals surface area contributed by atoms with Crippen molar-refractivity contribution in [2.45, 2.75) is 26.4 Å². The van der Waals surface area contributed by atoms with Crippen molar-refractivity contribution in [1.29, 1.82) is 0 Å². The fourth-order valence-corrected chi connectivity index (χ4v) is 2.45. The lowest BCUT2D eigenvalue weighted by atomic mass is 10.1. The van der Waals surface area contributed by atoms with Gasteiger partial charge in [-0.1, -0.05) is 24.1 Å². The van der Waals surface area contributed by atoms with Gasteiger partial charge in [0.05, 0.1) is 11.1 Å². The molecule has 4 heteroatoms. The van der Waals surface area contributed by atoms with Crippen LogP contribution in [0.3, 0.4) is 0 Å². The highest BCUT2D eigenvalue weighted by atomic mass is 16.6. The second kappa shape index (κ2) is 6.89. The van der Waals surface area contributed by atoms with Gasteiger partial charge in [-0.3, -0.25) is 0 Å². The van der Waals surface area contributed by atoms with E-state index in [2.05, 4.69) is 10.9 Å². The van der Waals surface area contributed by atoms with Crippen LogP contribution in [-0.4, -0.2) is 16.6 Å². The number of fused-ring (bicyclic) bond motifs is 1. The lowest BCUT2D eigenvalue weighted by Crippen LogP contribution is -2.24. The largest absolute Gasteiger partial charge is 0.456 e. The van der Waals surface area contributed by atoms with Gasteiger partial charge in [0.15, 0.2) is 0 Å². The Hall–Kier alpha value is -3.32. The lowest BCUT2D eigenvalue weighted by Gasteiger charge is -2.20. The van der Waals surface area contributed by atoms with Crippen LogP contribution in [0.4, 0.5) is 0 Å². The molecule has 0 amide bonds. The molecule has 130 valence electrons. The molecule has 3 aromatic rings. The van der Waals surface area contributed by atoms with Gasteiger partial charge in [-0.15, -0.1) is 6.42 Å². The molecule has 1 heterocycles. The fourth-order valence-electron chi connectivity index (χ4n) is 2.45. The number of benzene rings is 2. The van der Waals surface area contributed by atoms with Gasteiger partial charge < -0.3 is 9.47 Å². The summed E-state index contributed by atoms with van der Waals surface area (Å²) in [6.07, 6.45) is 5.42. The Morgan fingerprint density at radius 3 is 2.58 bits per heavy atom. The number of nitrogens with zero attached hydrogens (tertiary/aromatic N) is 1. The first-order valence-corrected chi connectivity index (χ1v) is 8.23. The number of terminal acetylenes is 1. The number of hydrogen-bond acceptors (Lipinski definition) is 4. The molecule has 0 saturated carbocycles. The zero-order valence-electron chi connectivity index (χ0n) is 14.9. The second-order valence-corrected chi connectivity index (χ2v) is 6.80. The molecule has 0 spiro atoms. The van der Waals surface area contributed by atoms with E-state index in [4.69, 9.17) is 15.9 Å². The standard InChI is InChI=1S/C22H19NO3/c1-5-15-8-6-10-17(14-15)25-19-13-12-16-9-7-11-18(20(16)23-19)21(24)26-22(2,3)4/h1,6-14H,2-4H3. The molecule has 0 saturated heterocycles. The average Bonchev–Trinajstić information content (AvgIpc) is 2.60. The lowest BCUT2D eigenvalue weighted by molar-refractivity contribution is 0.00716. The first-order chi connectivity index (χ1) is 12.4. The van der Waals surface area contributed by atoms with Crippen molar-refractivity contribution >= 4 is 16.9 Å². The number of carbonyl (C=O) groups excluding carboxylic acids is 1. The van der Waals surface area contributed by atoms with Gasteiger partial charge in [-0.2, -0.15) is 0 Å². The zero-order chi connectivity index (χ0) is 18.7. The van der Waals surface area contributed by atoms with E-state index in [9.17, 15) is 4.79 Å². The van der Waals surface area contributed by atoms with E-state index in [0.717, 1.165) is 10.9 Å². The normalized spacial score (nSPS) is 11.0. The van der Waals surface area contributed by atoms with Crippen molar-refractivity contribution in [1.82, 2.24) is 4.98 Å². The van der Waals surface area contributed by atoms with Gasteiger partial charge in [0, 0.05) is 17.0 Å². The maximum atomic E-state index is 12.5. The Labute approximate surface area is 152 Å². The Bertz CT molecular complexity index is 1010. The summed E-state index contributed by atoms with van der Waals surface area (Å²) in [4.78, 5) is 17.0. The molecular formula is C22H19NO3. The second-order valence-electron chi connectivity index (χ2n) is 6.80. The topological polar surface area (TPSA) is 48.4 Å². The molecule has 0 aliphatic carbocycles. The summed E-state index contributed by atoms with van der Waals surface area (Å²) in [5, 5.41) is 0.832. The summed E-state index contributed by atoms with van der Waals surface area (Å²) < 4.78 is 11.3. The van der Waals surface area contributed by atoms with Crippen LogP contribution in [-0.2, 0) is 4.74 Å². The minimum absolute atomic E-state index is 0.377. The molecule has 0 fully saturated rings. The third-order valence-electron chi connectivity index (χ3n) is 3.54. The van der Waals surface area contributed by atoms with Crippen LogP contribution in [0.15, 0.2) is 54.6 Å². The molecule has 0 bridgehead atoms. The van der Waals surface area contributed by atoms with Crippen LogP contribution in [0, 0.1) is 12.3 Å². The number of para-hydroxylation sites is 1. The van der Waals surface area contributed by atoms with E-state index in [1.54, 1.807) is 30.3 Å². The number of esters is 1. The van der Waals surface area contributed by atoms with Crippen LogP contribution in [0.25, 0.3) is 10.9 Å². The van der Waals surface area contributed by atoms with Crippen LogP contribution in [0.5, 0.6) is 11.6 Å². The van der Waals surface area contributed by atoms with Crippen LogP contribution >= 0.6 is 0 Å². The summed E-state index contributed by atoms with van der Waals surface area (Å²) in [6, 6.07) is 16.2. The molecule has 4 nitrogen and oxygen atoms in total. The highest BCUT2D eigenvalue weighted by Crippen LogP contribution is 2.26. The number of hydrogen-bond donors (Lipinski definition) is 0.